The van der Waals surface area contributed by atoms with Crippen molar-refractivity contribution in [1.82, 2.24) is 4.31 Å². The normalized spacial score (nSPS) is 21.6. The van der Waals surface area contributed by atoms with Crippen molar-refractivity contribution in [3.63, 3.8) is 0 Å². The number of hydrogen-bond donors (Lipinski definition) is 0. The first-order chi connectivity index (χ1) is 8.35. The third kappa shape index (κ3) is 3.41. The van der Waals surface area contributed by atoms with Crippen molar-refractivity contribution in [3.8, 4) is 5.75 Å². The number of hydrogen-bond acceptors (Lipinski definition) is 4. The van der Waals surface area contributed by atoms with Gasteiger partial charge in [0.2, 0.25) is 6.56 Å². The smallest absolute Gasteiger partial charge is 0.247 e. The van der Waals surface area contributed by atoms with Crippen LogP contribution in [0.15, 0.2) is 24.3 Å². The fourth-order valence-electron chi connectivity index (χ4n) is 2.22. The van der Waals surface area contributed by atoms with Gasteiger partial charge in [0.05, 0.1) is 7.11 Å². The largest absolute Gasteiger partial charge is 0.497 e. The number of ether oxygens (including phenoxy) is 1. The molecule has 0 radical (unpaired) electrons. The summed E-state index contributed by atoms with van der Waals surface area (Å²) in [6.07, 6.45) is 3.84. The van der Waals surface area contributed by atoms with Gasteiger partial charge in [-0.1, -0.05) is 18.6 Å². The van der Waals surface area contributed by atoms with E-state index in [9.17, 15) is 0 Å². The maximum Gasteiger partial charge on any atom is 0.247 e. The molecule has 0 aliphatic carbocycles. The second kappa shape index (κ2) is 6.69. The van der Waals surface area contributed by atoms with E-state index in [0.717, 1.165) is 12.3 Å². The standard InChI is InChI=1S/C12H16NOPS2/c1-14-11-7-5-10(6-8-11)12-4-2-3-9-13(12)17-15-16/h5-8,12H,2-4,9H2,1H3/p+1. The summed E-state index contributed by atoms with van der Waals surface area (Å²) in [7, 11) is 1.70. The lowest BCUT2D eigenvalue weighted by Gasteiger charge is -2.31. The van der Waals surface area contributed by atoms with Gasteiger partial charge in [-0.2, -0.15) is 0 Å². The fourth-order valence-corrected chi connectivity index (χ4v) is 4.70. The zero-order chi connectivity index (χ0) is 12.1. The minimum absolute atomic E-state index is 0.518. The predicted octanol–water partition coefficient (Wildman–Crippen LogP) is 3.93. The summed E-state index contributed by atoms with van der Waals surface area (Å²) in [6, 6.07) is 8.96. The van der Waals surface area contributed by atoms with Gasteiger partial charge in [0.1, 0.15) is 5.75 Å². The van der Waals surface area contributed by atoms with Crippen molar-refractivity contribution in [2.24, 2.45) is 0 Å². The van der Waals surface area contributed by atoms with Gasteiger partial charge in [0.15, 0.2) is 23.4 Å². The molecule has 0 aromatic heterocycles. The van der Waals surface area contributed by atoms with Gasteiger partial charge in [-0.3, -0.25) is 0 Å². The van der Waals surface area contributed by atoms with Gasteiger partial charge in [-0.25, -0.2) is 4.31 Å². The van der Waals surface area contributed by atoms with E-state index in [1.54, 1.807) is 7.11 Å². The second-order valence-corrected chi connectivity index (χ2v) is 7.47. The van der Waals surface area contributed by atoms with E-state index in [-0.39, 0.29) is 0 Å². The summed E-state index contributed by atoms with van der Waals surface area (Å²) in [6.45, 7) is 1.68. The molecule has 0 amide bonds. The molecule has 1 heterocycles. The predicted molar refractivity (Wildman–Crippen MR) is 79.6 cm³/mol. The maximum atomic E-state index is 5.20. The van der Waals surface area contributed by atoms with Crippen molar-refractivity contribution in [2.75, 3.05) is 13.7 Å². The highest BCUT2D eigenvalue weighted by Gasteiger charge is 2.26. The van der Waals surface area contributed by atoms with Gasteiger partial charge >= 0.3 is 0 Å². The van der Waals surface area contributed by atoms with Crippen LogP contribution in [-0.2, 0) is 11.8 Å². The molecule has 1 aliphatic heterocycles. The summed E-state index contributed by atoms with van der Waals surface area (Å²) in [4.78, 5) is 0. The molecule has 1 aliphatic rings. The molecule has 17 heavy (non-hydrogen) atoms. The summed E-state index contributed by atoms with van der Waals surface area (Å²) in [5.74, 6) is 0.925. The first-order valence-electron chi connectivity index (χ1n) is 5.80. The van der Waals surface area contributed by atoms with E-state index >= 15 is 0 Å². The molecule has 2 rings (SSSR count). The molecule has 2 nitrogen and oxygen atoms in total. The molecule has 1 fully saturated rings. The Kier molecular flexibility index (Phi) is 5.23. The molecule has 0 N–H and O–H groups in total. The molecular formula is C12H17NOPS2+. The zero-order valence-electron chi connectivity index (χ0n) is 9.89. The minimum atomic E-state index is 0.518. The summed E-state index contributed by atoms with van der Waals surface area (Å²) in [5, 5.41) is 0. The number of benzene rings is 1. The highest BCUT2D eigenvalue weighted by atomic mass is 32.9. The van der Waals surface area contributed by atoms with Crippen molar-refractivity contribution in [1.29, 1.82) is 0 Å². The second-order valence-electron chi connectivity index (χ2n) is 4.10. The molecule has 92 valence electrons. The fraction of sp³-hybridized carbons (Fsp3) is 0.500. The molecule has 2 unspecified atom stereocenters. The highest BCUT2D eigenvalue weighted by molar-refractivity contribution is 8.56. The van der Waals surface area contributed by atoms with Crippen LogP contribution in [0.25, 0.3) is 0 Å². The number of methoxy groups -OCH3 is 1. The topological polar surface area (TPSA) is 12.5 Å². The molecule has 0 bridgehead atoms. The third-order valence-corrected chi connectivity index (χ3v) is 5.45. The van der Waals surface area contributed by atoms with Crippen molar-refractivity contribution < 1.29 is 4.74 Å². The van der Waals surface area contributed by atoms with Gasteiger partial charge < -0.3 is 4.74 Å². The van der Waals surface area contributed by atoms with Crippen LogP contribution in [0.5, 0.6) is 5.75 Å². The number of rotatable bonds is 4. The molecule has 0 spiro atoms. The van der Waals surface area contributed by atoms with Gasteiger partial charge in [-0.05, 0) is 30.5 Å². The molecule has 2 atom stereocenters. The summed E-state index contributed by atoms with van der Waals surface area (Å²) in [5.41, 5.74) is 1.38. The van der Waals surface area contributed by atoms with Crippen LogP contribution in [0.4, 0.5) is 0 Å². The quantitative estimate of drug-likeness (QED) is 0.614. The van der Waals surface area contributed by atoms with Crippen LogP contribution in [0.1, 0.15) is 30.9 Å². The Labute approximate surface area is 113 Å². The van der Waals surface area contributed by atoms with Gasteiger partial charge in [-0.15, -0.1) is 0 Å². The van der Waals surface area contributed by atoms with Crippen LogP contribution in [0.3, 0.4) is 0 Å². The first kappa shape index (κ1) is 13.3. The van der Waals surface area contributed by atoms with Crippen molar-refractivity contribution in [2.45, 2.75) is 25.3 Å². The van der Waals surface area contributed by atoms with E-state index in [0.29, 0.717) is 12.6 Å². The number of nitrogens with zero attached hydrogens (tertiary/aromatic N) is 1. The van der Waals surface area contributed by atoms with Crippen LogP contribution < -0.4 is 4.74 Å². The molecule has 1 aromatic rings. The van der Waals surface area contributed by atoms with Crippen LogP contribution in [-0.4, -0.2) is 18.0 Å². The Hall–Kier alpha value is -0.150. The average molecular weight is 286 g/mol. The van der Waals surface area contributed by atoms with Gasteiger partial charge in [0.25, 0.3) is 0 Å². The van der Waals surface area contributed by atoms with Crippen LogP contribution in [0.2, 0.25) is 0 Å². The Balaban J connectivity index is 2.14. The van der Waals surface area contributed by atoms with E-state index in [1.807, 2.05) is 23.7 Å². The molecule has 1 aromatic carbocycles. The Bertz CT molecular complexity index is 371. The van der Waals surface area contributed by atoms with E-state index in [2.05, 4.69) is 16.4 Å². The minimum Gasteiger partial charge on any atom is -0.497 e. The van der Waals surface area contributed by atoms with E-state index in [1.165, 1.54) is 24.8 Å². The SMILES string of the molecule is COc1ccc(C2CCCCN2S[PH+]=S)cc1. The van der Waals surface area contributed by atoms with Gasteiger partial charge in [0, 0.05) is 12.6 Å². The maximum absolute atomic E-state index is 5.20. The highest BCUT2D eigenvalue weighted by Crippen LogP contribution is 2.39. The van der Waals surface area contributed by atoms with E-state index in [4.69, 9.17) is 16.5 Å². The van der Waals surface area contributed by atoms with Crippen LogP contribution in [0, 0.1) is 0 Å². The molecular weight excluding hydrogens is 269 g/mol. The third-order valence-electron chi connectivity index (χ3n) is 3.11. The Morgan fingerprint density at radius 3 is 2.76 bits per heavy atom. The lowest BCUT2D eigenvalue weighted by molar-refractivity contribution is 0.281. The first-order valence-corrected chi connectivity index (χ1v) is 9.43. The van der Waals surface area contributed by atoms with Crippen LogP contribution >= 0.6 is 18.1 Å². The summed E-state index contributed by atoms with van der Waals surface area (Å²) < 4.78 is 7.65. The molecule has 5 heteroatoms. The molecule has 0 saturated carbocycles. The Morgan fingerprint density at radius 2 is 2.12 bits per heavy atom. The monoisotopic (exact) mass is 286 g/mol. The lowest BCUT2D eigenvalue weighted by Crippen LogP contribution is -2.26. The zero-order valence-corrected chi connectivity index (χ0v) is 12.5. The molecule has 1 saturated heterocycles. The Morgan fingerprint density at radius 1 is 1.35 bits per heavy atom. The van der Waals surface area contributed by atoms with E-state index < -0.39 is 0 Å². The summed E-state index contributed by atoms with van der Waals surface area (Å²) >= 11 is 6.91. The number of piperidine rings is 1. The lowest BCUT2D eigenvalue weighted by atomic mass is 9.97. The van der Waals surface area contributed by atoms with Crippen molar-refractivity contribution >= 4 is 29.9 Å². The average Bonchev–Trinajstić information content (AvgIpc) is 2.40. The van der Waals surface area contributed by atoms with Crippen molar-refractivity contribution in [3.05, 3.63) is 29.8 Å².